The van der Waals surface area contributed by atoms with Crippen molar-refractivity contribution in [2.45, 2.75) is 13.8 Å². The minimum atomic E-state index is -0.803. The van der Waals surface area contributed by atoms with Crippen LogP contribution in [-0.4, -0.2) is 16.5 Å². The Morgan fingerprint density at radius 2 is 2.19 bits per heavy atom. The number of aromatic nitrogens is 1. The molecule has 0 bridgehead atoms. The molecule has 0 unspecified atom stereocenters. The molecule has 2 rings (SSSR count). The van der Waals surface area contributed by atoms with E-state index in [1.54, 1.807) is 18.2 Å². The molecule has 0 aliphatic rings. The van der Waals surface area contributed by atoms with Crippen LogP contribution in [0, 0.1) is 22.9 Å². The van der Waals surface area contributed by atoms with Crippen LogP contribution in [0.5, 0.6) is 11.6 Å². The molecule has 1 N–H and O–H groups in total. The summed E-state index contributed by atoms with van der Waals surface area (Å²) in [5.74, 6) is -0.0863. The van der Waals surface area contributed by atoms with Gasteiger partial charge in [-0.3, -0.25) is 10.1 Å². The summed E-state index contributed by atoms with van der Waals surface area (Å²) in [6.07, 6.45) is 0. The number of hydrogen-bond donors (Lipinski definition) is 1. The lowest BCUT2D eigenvalue weighted by molar-refractivity contribution is -0.385. The molecule has 7 heteroatoms. The van der Waals surface area contributed by atoms with Crippen LogP contribution in [0.2, 0.25) is 0 Å². The number of halogens is 1. The number of nitro benzene ring substituents is 1. The van der Waals surface area contributed by atoms with Crippen molar-refractivity contribution < 1.29 is 14.1 Å². The Morgan fingerprint density at radius 3 is 2.86 bits per heavy atom. The van der Waals surface area contributed by atoms with E-state index < -0.39 is 10.7 Å². The molecule has 0 amide bonds. The number of nitro groups is 1. The lowest BCUT2D eigenvalue weighted by Gasteiger charge is -2.09. The predicted octanol–water partition coefficient (Wildman–Crippen LogP) is 3.66. The molecule has 6 nitrogen and oxygen atoms in total. The number of rotatable bonds is 5. The summed E-state index contributed by atoms with van der Waals surface area (Å²) in [5.41, 5.74) is 0.0356. The normalized spacial score (nSPS) is 10.2. The standard InChI is InChI=1S/C14H14FN3O3/c1-3-16-13-5-4-6-14(17-13)21-12-7-9(2)11(18(19)20)8-10(12)15/h4-8H,3H2,1-2H3,(H,16,17). The first-order valence-corrected chi connectivity index (χ1v) is 6.34. The molecule has 110 valence electrons. The summed E-state index contributed by atoms with van der Waals surface area (Å²) >= 11 is 0. The average Bonchev–Trinajstić information content (AvgIpc) is 2.43. The number of nitrogens with zero attached hydrogens (tertiary/aromatic N) is 2. The smallest absolute Gasteiger partial charge is 0.275 e. The van der Waals surface area contributed by atoms with E-state index in [9.17, 15) is 14.5 Å². The maximum atomic E-state index is 13.9. The van der Waals surface area contributed by atoms with E-state index in [0.717, 1.165) is 6.07 Å². The van der Waals surface area contributed by atoms with E-state index in [0.29, 0.717) is 17.9 Å². The number of hydrogen-bond acceptors (Lipinski definition) is 5. The highest BCUT2D eigenvalue weighted by Gasteiger charge is 2.17. The van der Waals surface area contributed by atoms with Gasteiger partial charge >= 0.3 is 0 Å². The lowest BCUT2D eigenvalue weighted by atomic mass is 10.2. The predicted molar refractivity (Wildman–Crippen MR) is 76.3 cm³/mol. The lowest BCUT2D eigenvalue weighted by Crippen LogP contribution is -2.00. The fraction of sp³-hybridized carbons (Fsp3) is 0.214. The second-order valence-corrected chi connectivity index (χ2v) is 4.32. The molecule has 1 aromatic heterocycles. The maximum Gasteiger partial charge on any atom is 0.275 e. The fourth-order valence-electron chi connectivity index (χ4n) is 1.78. The summed E-state index contributed by atoms with van der Waals surface area (Å²) in [7, 11) is 0. The van der Waals surface area contributed by atoms with Gasteiger partial charge < -0.3 is 10.1 Å². The molecular weight excluding hydrogens is 277 g/mol. The summed E-state index contributed by atoms with van der Waals surface area (Å²) < 4.78 is 19.2. The van der Waals surface area contributed by atoms with Crippen LogP contribution < -0.4 is 10.1 Å². The van der Waals surface area contributed by atoms with Gasteiger partial charge in [-0.25, -0.2) is 4.39 Å². The van der Waals surface area contributed by atoms with Crippen LogP contribution in [-0.2, 0) is 0 Å². The maximum absolute atomic E-state index is 13.9. The zero-order valence-corrected chi connectivity index (χ0v) is 11.6. The van der Waals surface area contributed by atoms with Crippen molar-refractivity contribution in [1.82, 2.24) is 4.98 Å². The van der Waals surface area contributed by atoms with Gasteiger partial charge in [0.1, 0.15) is 5.82 Å². The van der Waals surface area contributed by atoms with E-state index in [1.807, 2.05) is 6.92 Å². The molecule has 0 saturated heterocycles. The Hall–Kier alpha value is -2.70. The van der Waals surface area contributed by atoms with E-state index in [4.69, 9.17) is 4.74 Å². The van der Waals surface area contributed by atoms with Crippen LogP contribution in [0.15, 0.2) is 30.3 Å². The molecule has 0 fully saturated rings. The summed E-state index contributed by atoms with van der Waals surface area (Å²) in [6, 6.07) is 7.19. The Bertz CT molecular complexity index is 677. The first kappa shape index (κ1) is 14.7. The topological polar surface area (TPSA) is 77.3 Å². The highest BCUT2D eigenvalue weighted by atomic mass is 19.1. The molecule has 1 aromatic carbocycles. The first-order chi connectivity index (χ1) is 10.0. The Balaban J connectivity index is 2.29. The van der Waals surface area contributed by atoms with E-state index >= 15 is 0 Å². The molecule has 1 heterocycles. The van der Waals surface area contributed by atoms with Crippen molar-refractivity contribution in [3.05, 3.63) is 51.8 Å². The average molecular weight is 291 g/mol. The number of anilines is 1. The second kappa shape index (κ2) is 6.17. The number of ether oxygens (including phenoxy) is 1. The van der Waals surface area contributed by atoms with Crippen molar-refractivity contribution in [2.24, 2.45) is 0 Å². The second-order valence-electron chi connectivity index (χ2n) is 4.32. The van der Waals surface area contributed by atoms with Crippen molar-refractivity contribution in [3.63, 3.8) is 0 Å². The van der Waals surface area contributed by atoms with Crippen LogP contribution in [0.4, 0.5) is 15.9 Å². The van der Waals surface area contributed by atoms with Crippen molar-refractivity contribution in [2.75, 3.05) is 11.9 Å². The zero-order chi connectivity index (χ0) is 15.4. The van der Waals surface area contributed by atoms with Gasteiger partial charge in [0.15, 0.2) is 11.6 Å². The SMILES string of the molecule is CCNc1cccc(Oc2cc(C)c([N+](=O)[O-])cc2F)n1. The van der Waals surface area contributed by atoms with Crippen molar-refractivity contribution >= 4 is 11.5 Å². The van der Waals surface area contributed by atoms with Crippen LogP contribution >= 0.6 is 0 Å². The molecule has 0 spiro atoms. The molecular formula is C14H14FN3O3. The van der Waals surface area contributed by atoms with Crippen LogP contribution in [0.25, 0.3) is 0 Å². The van der Waals surface area contributed by atoms with Gasteiger partial charge in [-0.1, -0.05) is 6.07 Å². The Morgan fingerprint density at radius 1 is 1.43 bits per heavy atom. The summed E-state index contributed by atoms with van der Waals surface area (Å²) in [5, 5.41) is 13.7. The molecule has 0 saturated carbocycles. The number of pyridine rings is 1. The van der Waals surface area contributed by atoms with Gasteiger partial charge in [0.05, 0.1) is 11.0 Å². The fourth-order valence-corrected chi connectivity index (χ4v) is 1.78. The van der Waals surface area contributed by atoms with Crippen molar-refractivity contribution in [1.29, 1.82) is 0 Å². The highest BCUT2D eigenvalue weighted by Crippen LogP contribution is 2.30. The summed E-state index contributed by atoms with van der Waals surface area (Å²) in [4.78, 5) is 14.3. The number of nitrogens with one attached hydrogen (secondary N) is 1. The molecule has 0 aliphatic heterocycles. The molecule has 0 atom stereocenters. The number of benzene rings is 1. The molecule has 21 heavy (non-hydrogen) atoms. The van der Waals surface area contributed by atoms with Gasteiger partial charge in [-0.15, -0.1) is 0 Å². The van der Waals surface area contributed by atoms with Gasteiger partial charge in [-0.05, 0) is 26.0 Å². The quantitative estimate of drug-likeness (QED) is 0.672. The Kier molecular flexibility index (Phi) is 4.32. The third-order valence-corrected chi connectivity index (χ3v) is 2.74. The minimum Gasteiger partial charge on any atom is -0.436 e. The highest BCUT2D eigenvalue weighted by molar-refractivity contribution is 5.46. The largest absolute Gasteiger partial charge is 0.436 e. The van der Waals surface area contributed by atoms with E-state index in [2.05, 4.69) is 10.3 Å². The molecule has 0 radical (unpaired) electrons. The van der Waals surface area contributed by atoms with Gasteiger partial charge in [0.25, 0.3) is 5.69 Å². The van der Waals surface area contributed by atoms with Crippen molar-refractivity contribution in [3.8, 4) is 11.6 Å². The third-order valence-electron chi connectivity index (χ3n) is 2.74. The Labute approximate surface area is 120 Å². The number of aryl methyl sites for hydroxylation is 1. The third kappa shape index (κ3) is 3.44. The minimum absolute atomic E-state index is 0.0979. The molecule has 0 aliphatic carbocycles. The molecule has 2 aromatic rings. The summed E-state index contributed by atoms with van der Waals surface area (Å²) in [6.45, 7) is 4.14. The first-order valence-electron chi connectivity index (χ1n) is 6.34. The zero-order valence-electron chi connectivity index (χ0n) is 11.6. The van der Waals surface area contributed by atoms with E-state index in [1.165, 1.54) is 13.0 Å². The van der Waals surface area contributed by atoms with Crippen LogP contribution in [0.3, 0.4) is 0 Å². The monoisotopic (exact) mass is 291 g/mol. The van der Waals surface area contributed by atoms with E-state index in [-0.39, 0.29) is 17.3 Å². The van der Waals surface area contributed by atoms with Gasteiger partial charge in [0.2, 0.25) is 5.88 Å². The van der Waals surface area contributed by atoms with Gasteiger partial charge in [0, 0.05) is 18.2 Å². The van der Waals surface area contributed by atoms with Gasteiger partial charge in [-0.2, -0.15) is 4.98 Å². The van der Waals surface area contributed by atoms with Crippen LogP contribution in [0.1, 0.15) is 12.5 Å².